The van der Waals surface area contributed by atoms with Crippen molar-refractivity contribution in [3.63, 3.8) is 0 Å². The van der Waals surface area contributed by atoms with Crippen molar-refractivity contribution in [3.05, 3.63) is 53.2 Å². The average molecular weight is 252 g/mol. The number of nitrogens with one attached hydrogen (secondary N) is 1. The molecule has 0 bridgehead atoms. The van der Waals surface area contributed by atoms with E-state index in [0.717, 1.165) is 12.1 Å². The van der Waals surface area contributed by atoms with E-state index in [2.05, 4.69) is 10.3 Å². The van der Waals surface area contributed by atoms with Crippen LogP contribution in [0.25, 0.3) is 0 Å². The second kappa shape index (κ2) is 4.95. The Labute approximate surface area is 102 Å². The molecule has 94 valence electrons. The van der Waals surface area contributed by atoms with Crippen LogP contribution in [0, 0.1) is 18.6 Å². The Morgan fingerprint density at radius 1 is 1.39 bits per heavy atom. The zero-order chi connectivity index (χ0) is 13.1. The summed E-state index contributed by atoms with van der Waals surface area (Å²) in [6.45, 7) is 1.88. The summed E-state index contributed by atoms with van der Waals surface area (Å²) in [4.78, 5) is 15.5. The van der Waals surface area contributed by atoms with Crippen LogP contribution >= 0.6 is 0 Å². The fourth-order valence-electron chi connectivity index (χ4n) is 1.40. The van der Waals surface area contributed by atoms with Gasteiger partial charge in [0.1, 0.15) is 5.76 Å². The van der Waals surface area contributed by atoms with Crippen LogP contribution in [0.15, 0.2) is 29.0 Å². The summed E-state index contributed by atoms with van der Waals surface area (Å²) in [5, 5.41) is 2.53. The molecule has 2 aromatic rings. The zero-order valence-electron chi connectivity index (χ0n) is 9.54. The SMILES string of the molecule is Cc1ncoc1CNC(=O)c1ccc(F)c(F)c1. The molecule has 1 N–H and O–H groups in total. The molecule has 0 spiro atoms. The first-order chi connectivity index (χ1) is 8.58. The van der Waals surface area contributed by atoms with Gasteiger partial charge in [-0.05, 0) is 25.1 Å². The monoisotopic (exact) mass is 252 g/mol. The number of hydrogen-bond acceptors (Lipinski definition) is 3. The maximum absolute atomic E-state index is 12.9. The smallest absolute Gasteiger partial charge is 0.251 e. The molecule has 0 aliphatic carbocycles. The maximum atomic E-state index is 12.9. The number of carbonyl (C=O) groups is 1. The van der Waals surface area contributed by atoms with Crippen LogP contribution in [0.1, 0.15) is 21.8 Å². The van der Waals surface area contributed by atoms with Crippen molar-refractivity contribution in [3.8, 4) is 0 Å². The van der Waals surface area contributed by atoms with E-state index in [-0.39, 0.29) is 12.1 Å². The number of hydrogen-bond donors (Lipinski definition) is 1. The Morgan fingerprint density at radius 3 is 2.78 bits per heavy atom. The summed E-state index contributed by atoms with van der Waals surface area (Å²) in [6, 6.07) is 2.96. The number of halogens is 2. The standard InChI is InChI=1S/C12H10F2N2O2/c1-7-11(18-6-16-7)5-15-12(17)8-2-3-9(13)10(14)4-8/h2-4,6H,5H2,1H3,(H,15,17). The minimum atomic E-state index is -1.06. The van der Waals surface area contributed by atoms with Gasteiger partial charge in [-0.2, -0.15) is 0 Å². The molecular weight excluding hydrogens is 242 g/mol. The number of benzene rings is 1. The fraction of sp³-hybridized carbons (Fsp3) is 0.167. The number of carbonyl (C=O) groups excluding carboxylic acids is 1. The van der Waals surface area contributed by atoms with Crippen LogP contribution in [-0.4, -0.2) is 10.9 Å². The minimum absolute atomic E-state index is 0.0473. The molecule has 0 aliphatic rings. The van der Waals surface area contributed by atoms with Crippen molar-refractivity contribution in [1.82, 2.24) is 10.3 Å². The summed E-state index contributed by atoms with van der Waals surface area (Å²) in [7, 11) is 0. The van der Waals surface area contributed by atoms with Gasteiger partial charge >= 0.3 is 0 Å². The normalized spacial score (nSPS) is 10.4. The number of aromatic nitrogens is 1. The molecule has 0 atom stereocenters. The van der Waals surface area contributed by atoms with Crippen molar-refractivity contribution < 1.29 is 18.0 Å². The highest BCUT2D eigenvalue weighted by Crippen LogP contribution is 2.09. The summed E-state index contributed by atoms with van der Waals surface area (Å²) >= 11 is 0. The lowest BCUT2D eigenvalue weighted by Crippen LogP contribution is -2.23. The average Bonchev–Trinajstić information content (AvgIpc) is 2.75. The lowest BCUT2D eigenvalue weighted by atomic mass is 10.2. The molecule has 0 saturated carbocycles. The number of amides is 1. The summed E-state index contributed by atoms with van der Waals surface area (Å²) in [6.07, 6.45) is 1.27. The molecule has 1 aromatic heterocycles. The predicted molar refractivity (Wildman–Crippen MR) is 58.8 cm³/mol. The van der Waals surface area contributed by atoms with E-state index in [1.165, 1.54) is 12.5 Å². The van der Waals surface area contributed by atoms with E-state index in [4.69, 9.17) is 4.42 Å². The summed E-state index contributed by atoms with van der Waals surface area (Å²) in [5.41, 5.74) is 0.714. The third kappa shape index (κ3) is 2.53. The highest BCUT2D eigenvalue weighted by Gasteiger charge is 2.11. The van der Waals surface area contributed by atoms with Gasteiger partial charge in [-0.3, -0.25) is 4.79 Å². The van der Waals surface area contributed by atoms with E-state index < -0.39 is 17.5 Å². The van der Waals surface area contributed by atoms with Gasteiger partial charge in [-0.15, -0.1) is 0 Å². The molecule has 4 nitrogen and oxygen atoms in total. The van der Waals surface area contributed by atoms with Gasteiger partial charge in [-0.25, -0.2) is 13.8 Å². The molecule has 2 rings (SSSR count). The molecule has 0 unspecified atom stereocenters. The molecule has 18 heavy (non-hydrogen) atoms. The van der Waals surface area contributed by atoms with Crippen molar-refractivity contribution in [2.75, 3.05) is 0 Å². The highest BCUT2D eigenvalue weighted by atomic mass is 19.2. The number of nitrogens with zero attached hydrogens (tertiary/aromatic N) is 1. The lowest BCUT2D eigenvalue weighted by molar-refractivity contribution is 0.0947. The number of rotatable bonds is 3. The Bertz CT molecular complexity index is 581. The third-order valence-corrected chi connectivity index (χ3v) is 2.44. The van der Waals surface area contributed by atoms with Crippen LogP contribution in [0.5, 0.6) is 0 Å². The Kier molecular flexibility index (Phi) is 3.36. The molecule has 1 heterocycles. The van der Waals surface area contributed by atoms with Crippen molar-refractivity contribution in [2.45, 2.75) is 13.5 Å². The maximum Gasteiger partial charge on any atom is 0.251 e. The van der Waals surface area contributed by atoms with Crippen molar-refractivity contribution in [1.29, 1.82) is 0 Å². The van der Waals surface area contributed by atoms with E-state index in [1.54, 1.807) is 6.92 Å². The minimum Gasteiger partial charge on any atom is -0.446 e. The Balaban J connectivity index is 2.04. The Hall–Kier alpha value is -2.24. The van der Waals surface area contributed by atoms with Crippen LogP contribution in [0.4, 0.5) is 8.78 Å². The molecular formula is C12H10F2N2O2. The van der Waals surface area contributed by atoms with Crippen molar-refractivity contribution >= 4 is 5.91 Å². The molecule has 0 fully saturated rings. The van der Waals surface area contributed by atoms with Gasteiger partial charge in [0.05, 0.1) is 12.2 Å². The molecule has 6 heteroatoms. The van der Waals surface area contributed by atoms with E-state index >= 15 is 0 Å². The van der Waals surface area contributed by atoms with Gasteiger partial charge < -0.3 is 9.73 Å². The van der Waals surface area contributed by atoms with Gasteiger partial charge in [0.2, 0.25) is 0 Å². The summed E-state index contributed by atoms with van der Waals surface area (Å²) in [5.74, 6) is -2.04. The highest BCUT2D eigenvalue weighted by molar-refractivity contribution is 5.94. The van der Waals surface area contributed by atoms with Gasteiger partial charge in [-0.1, -0.05) is 0 Å². The molecule has 0 radical (unpaired) electrons. The third-order valence-electron chi connectivity index (χ3n) is 2.44. The quantitative estimate of drug-likeness (QED) is 0.911. The second-order valence-corrected chi connectivity index (χ2v) is 3.67. The largest absolute Gasteiger partial charge is 0.446 e. The topological polar surface area (TPSA) is 55.1 Å². The zero-order valence-corrected chi connectivity index (χ0v) is 9.54. The van der Waals surface area contributed by atoms with Gasteiger partial charge in [0.15, 0.2) is 18.0 Å². The van der Waals surface area contributed by atoms with E-state index in [9.17, 15) is 13.6 Å². The first-order valence-corrected chi connectivity index (χ1v) is 5.20. The second-order valence-electron chi connectivity index (χ2n) is 3.67. The number of aryl methyl sites for hydroxylation is 1. The van der Waals surface area contributed by atoms with Crippen LogP contribution in [-0.2, 0) is 6.54 Å². The van der Waals surface area contributed by atoms with Crippen LogP contribution in [0.3, 0.4) is 0 Å². The van der Waals surface area contributed by atoms with Gasteiger partial charge in [0.25, 0.3) is 5.91 Å². The van der Waals surface area contributed by atoms with Gasteiger partial charge in [0, 0.05) is 5.56 Å². The first kappa shape index (κ1) is 12.2. The molecule has 1 amide bonds. The lowest BCUT2D eigenvalue weighted by Gasteiger charge is -2.04. The first-order valence-electron chi connectivity index (χ1n) is 5.20. The van der Waals surface area contributed by atoms with E-state index in [0.29, 0.717) is 11.5 Å². The fourth-order valence-corrected chi connectivity index (χ4v) is 1.40. The van der Waals surface area contributed by atoms with Crippen molar-refractivity contribution in [2.24, 2.45) is 0 Å². The van der Waals surface area contributed by atoms with Crippen LogP contribution in [0.2, 0.25) is 0 Å². The predicted octanol–water partition coefficient (Wildman–Crippen LogP) is 2.19. The summed E-state index contributed by atoms with van der Waals surface area (Å²) < 4.78 is 30.7. The molecule has 0 saturated heterocycles. The molecule has 0 aliphatic heterocycles. The van der Waals surface area contributed by atoms with E-state index in [1.807, 2.05) is 0 Å². The number of oxazole rings is 1. The molecule has 1 aromatic carbocycles. The van der Waals surface area contributed by atoms with Crippen LogP contribution < -0.4 is 5.32 Å². The Morgan fingerprint density at radius 2 is 2.17 bits per heavy atom.